The molecule has 10 heteroatoms. The molecule has 1 aromatic heterocycles. The standard InChI is InChI=1S/C27H34N4O5S/c1-20(2)27(32)29-21-6-12-24(13-7-21)37(33,34)28-19-25(26-5-4-18-36-26)31-16-14-30(15-17-31)22-8-10-23(35-3)11-9-22/h4-13,18,20,25,28H,14-17,19H2,1-3H3,(H,29,32). The van der Waals surface area contributed by atoms with Gasteiger partial charge in [-0.05, 0) is 60.7 Å². The summed E-state index contributed by atoms with van der Waals surface area (Å²) >= 11 is 0. The van der Waals surface area contributed by atoms with E-state index >= 15 is 0 Å². The molecule has 1 saturated heterocycles. The zero-order chi connectivity index (χ0) is 26.4. The Kier molecular flexibility index (Phi) is 8.52. The number of carbonyl (C=O) groups excluding carboxylic acids is 1. The van der Waals surface area contributed by atoms with Crippen LogP contribution in [0, 0.1) is 5.92 Å². The highest BCUT2D eigenvalue weighted by molar-refractivity contribution is 7.89. The molecule has 9 nitrogen and oxygen atoms in total. The predicted octanol–water partition coefficient (Wildman–Crippen LogP) is 3.72. The predicted molar refractivity (Wildman–Crippen MR) is 143 cm³/mol. The molecule has 1 amide bonds. The monoisotopic (exact) mass is 526 g/mol. The molecule has 2 heterocycles. The summed E-state index contributed by atoms with van der Waals surface area (Å²) in [7, 11) is -2.11. The molecule has 198 valence electrons. The third-order valence-electron chi connectivity index (χ3n) is 6.49. The highest BCUT2D eigenvalue weighted by Crippen LogP contribution is 2.26. The number of nitrogens with one attached hydrogen (secondary N) is 2. The van der Waals surface area contributed by atoms with Gasteiger partial charge in [-0.2, -0.15) is 0 Å². The molecule has 2 aromatic carbocycles. The molecule has 1 aliphatic rings. The number of nitrogens with zero attached hydrogens (tertiary/aromatic N) is 2. The zero-order valence-corrected chi connectivity index (χ0v) is 22.2. The summed E-state index contributed by atoms with van der Waals surface area (Å²) in [5.41, 5.74) is 1.68. The maximum Gasteiger partial charge on any atom is 0.240 e. The number of furan rings is 1. The molecular weight excluding hydrogens is 492 g/mol. The highest BCUT2D eigenvalue weighted by Gasteiger charge is 2.28. The summed E-state index contributed by atoms with van der Waals surface area (Å²) in [6, 6.07) is 17.6. The number of hydrogen-bond donors (Lipinski definition) is 2. The lowest BCUT2D eigenvalue weighted by Crippen LogP contribution is -2.49. The Hall–Kier alpha value is -3.34. The number of sulfonamides is 1. The van der Waals surface area contributed by atoms with Crippen molar-refractivity contribution in [1.82, 2.24) is 9.62 Å². The molecule has 3 aromatic rings. The second-order valence-electron chi connectivity index (χ2n) is 9.27. The van der Waals surface area contributed by atoms with Gasteiger partial charge in [-0.3, -0.25) is 9.69 Å². The van der Waals surface area contributed by atoms with E-state index < -0.39 is 10.0 Å². The second kappa shape index (κ2) is 11.8. The molecule has 4 rings (SSSR count). The van der Waals surface area contributed by atoms with Crippen molar-refractivity contribution in [2.75, 3.05) is 50.1 Å². The molecule has 1 unspecified atom stereocenters. The first-order valence-corrected chi connectivity index (χ1v) is 13.8. The van der Waals surface area contributed by atoms with Gasteiger partial charge < -0.3 is 19.4 Å². The van der Waals surface area contributed by atoms with Crippen LogP contribution in [0.25, 0.3) is 0 Å². The highest BCUT2D eigenvalue weighted by atomic mass is 32.2. The van der Waals surface area contributed by atoms with Gasteiger partial charge in [0.15, 0.2) is 0 Å². The maximum absolute atomic E-state index is 13.1. The van der Waals surface area contributed by atoms with Crippen LogP contribution >= 0.6 is 0 Å². The van der Waals surface area contributed by atoms with E-state index in [0.29, 0.717) is 11.4 Å². The van der Waals surface area contributed by atoms with Crippen molar-refractivity contribution in [2.45, 2.75) is 24.8 Å². The zero-order valence-electron chi connectivity index (χ0n) is 21.4. The van der Waals surface area contributed by atoms with Gasteiger partial charge in [0.25, 0.3) is 0 Å². The van der Waals surface area contributed by atoms with E-state index in [0.717, 1.165) is 37.6 Å². The van der Waals surface area contributed by atoms with E-state index in [1.54, 1.807) is 39.4 Å². The molecule has 0 bridgehead atoms. The Morgan fingerprint density at radius 3 is 2.24 bits per heavy atom. The van der Waals surface area contributed by atoms with Crippen LogP contribution in [0.1, 0.15) is 25.6 Å². The molecular formula is C27H34N4O5S. The third kappa shape index (κ3) is 6.71. The van der Waals surface area contributed by atoms with Crippen LogP contribution in [-0.4, -0.2) is 59.1 Å². The molecule has 1 atom stereocenters. The minimum absolute atomic E-state index is 0.123. The molecule has 0 saturated carbocycles. The number of hydrogen-bond acceptors (Lipinski definition) is 7. The second-order valence-corrected chi connectivity index (χ2v) is 11.0. The van der Waals surface area contributed by atoms with Gasteiger partial charge in [0.2, 0.25) is 15.9 Å². The van der Waals surface area contributed by atoms with Gasteiger partial charge in [0, 0.05) is 50.0 Å². The van der Waals surface area contributed by atoms with Crippen molar-refractivity contribution < 1.29 is 22.4 Å². The molecule has 37 heavy (non-hydrogen) atoms. The Balaban J connectivity index is 1.40. The van der Waals surface area contributed by atoms with E-state index in [-0.39, 0.29) is 29.3 Å². The first kappa shape index (κ1) is 26.7. The number of benzene rings is 2. The molecule has 0 radical (unpaired) electrons. The summed E-state index contributed by atoms with van der Waals surface area (Å²) in [6.07, 6.45) is 1.61. The van der Waals surface area contributed by atoms with Crippen molar-refractivity contribution in [3.05, 3.63) is 72.7 Å². The van der Waals surface area contributed by atoms with E-state index in [1.165, 1.54) is 12.1 Å². The fourth-order valence-corrected chi connectivity index (χ4v) is 5.29. The number of anilines is 2. The lowest BCUT2D eigenvalue weighted by Gasteiger charge is -2.39. The molecule has 0 spiro atoms. The van der Waals surface area contributed by atoms with Crippen LogP contribution in [0.5, 0.6) is 5.75 Å². The maximum atomic E-state index is 13.1. The van der Waals surface area contributed by atoms with Gasteiger partial charge in [0.1, 0.15) is 11.5 Å². The van der Waals surface area contributed by atoms with Gasteiger partial charge in [-0.15, -0.1) is 0 Å². The summed E-state index contributed by atoms with van der Waals surface area (Å²) in [5, 5.41) is 2.77. The van der Waals surface area contributed by atoms with Crippen LogP contribution in [0.3, 0.4) is 0 Å². The Labute approximate surface area is 218 Å². The third-order valence-corrected chi connectivity index (χ3v) is 7.93. The SMILES string of the molecule is COc1ccc(N2CCN(C(CNS(=O)(=O)c3ccc(NC(=O)C(C)C)cc3)c3ccco3)CC2)cc1. The van der Waals surface area contributed by atoms with Crippen LogP contribution in [0.2, 0.25) is 0 Å². The van der Waals surface area contributed by atoms with Gasteiger partial charge in [-0.1, -0.05) is 13.8 Å². The van der Waals surface area contributed by atoms with E-state index in [2.05, 4.69) is 19.8 Å². The fourth-order valence-electron chi connectivity index (χ4n) is 4.25. The molecule has 1 aliphatic heterocycles. The topological polar surface area (TPSA) is 104 Å². The van der Waals surface area contributed by atoms with Crippen molar-refractivity contribution >= 4 is 27.3 Å². The van der Waals surface area contributed by atoms with E-state index in [4.69, 9.17) is 9.15 Å². The molecule has 0 aliphatic carbocycles. The number of ether oxygens (including phenoxy) is 1. The molecule has 1 fully saturated rings. The van der Waals surface area contributed by atoms with Crippen molar-refractivity contribution in [3.63, 3.8) is 0 Å². The molecule has 2 N–H and O–H groups in total. The average molecular weight is 527 g/mol. The smallest absolute Gasteiger partial charge is 0.240 e. The fraction of sp³-hybridized carbons (Fsp3) is 0.370. The lowest BCUT2D eigenvalue weighted by molar-refractivity contribution is -0.118. The largest absolute Gasteiger partial charge is 0.497 e. The normalized spacial score (nSPS) is 15.5. The van der Waals surface area contributed by atoms with E-state index in [9.17, 15) is 13.2 Å². The number of rotatable bonds is 10. The van der Waals surface area contributed by atoms with Gasteiger partial charge >= 0.3 is 0 Å². The summed E-state index contributed by atoms with van der Waals surface area (Å²) in [5.74, 6) is 1.25. The van der Waals surface area contributed by atoms with Crippen molar-refractivity contribution in [1.29, 1.82) is 0 Å². The van der Waals surface area contributed by atoms with Crippen molar-refractivity contribution in [2.24, 2.45) is 5.92 Å². The Morgan fingerprint density at radius 2 is 1.68 bits per heavy atom. The van der Waals surface area contributed by atoms with Gasteiger partial charge in [-0.25, -0.2) is 13.1 Å². The first-order chi connectivity index (χ1) is 17.8. The first-order valence-electron chi connectivity index (χ1n) is 12.3. The van der Waals surface area contributed by atoms with Crippen LogP contribution in [0.15, 0.2) is 76.2 Å². The number of carbonyl (C=O) groups is 1. The van der Waals surface area contributed by atoms with Crippen LogP contribution in [-0.2, 0) is 14.8 Å². The minimum Gasteiger partial charge on any atom is -0.497 e. The van der Waals surface area contributed by atoms with Crippen LogP contribution in [0.4, 0.5) is 11.4 Å². The summed E-state index contributed by atoms with van der Waals surface area (Å²) in [6.45, 7) is 6.88. The quantitative estimate of drug-likeness (QED) is 0.415. The number of methoxy groups -OCH3 is 1. The summed E-state index contributed by atoms with van der Waals surface area (Å²) in [4.78, 5) is 16.6. The number of amides is 1. The Morgan fingerprint density at radius 1 is 1.00 bits per heavy atom. The summed E-state index contributed by atoms with van der Waals surface area (Å²) < 4.78 is 39.8. The minimum atomic E-state index is -3.76. The Bertz CT molecular complexity index is 1250. The average Bonchev–Trinajstić information content (AvgIpc) is 3.44. The van der Waals surface area contributed by atoms with Crippen LogP contribution < -0.4 is 19.7 Å². The van der Waals surface area contributed by atoms with Crippen molar-refractivity contribution in [3.8, 4) is 5.75 Å². The van der Waals surface area contributed by atoms with Gasteiger partial charge in [0.05, 0.1) is 24.3 Å². The number of piperazine rings is 1. The lowest BCUT2D eigenvalue weighted by atomic mass is 10.1. The van der Waals surface area contributed by atoms with E-state index in [1.807, 2.05) is 36.4 Å².